The van der Waals surface area contributed by atoms with Crippen LogP contribution in [0.5, 0.6) is 11.5 Å². The summed E-state index contributed by atoms with van der Waals surface area (Å²) in [5.74, 6) is -1.05. The lowest BCUT2D eigenvalue weighted by Gasteiger charge is -2.09. The molecule has 110 valence electrons. The molecule has 1 heterocycles. The van der Waals surface area contributed by atoms with Crippen molar-refractivity contribution in [2.75, 3.05) is 5.75 Å². The predicted octanol–water partition coefficient (Wildman–Crippen LogP) is 1.87. The predicted molar refractivity (Wildman–Crippen MR) is 75.4 cm³/mol. The molecule has 0 radical (unpaired) electrons. The molecule has 1 aromatic heterocycles. The first-order valence-corrected chi connectivity index (χ1v) is 7.37. The van der Waals surface area contributed by atoms with Crippen molar-refractivity contribution in [3.8, 4) is 22.9 Å². The first-order valence-electron chi connectivity index (χ1n) is 6.38. The van der Waals surface area contributed by atoms with E-state index in [1.165, 1.54) is 6.07 Å². The molecule has 1 fully saturated rings. The topological polar surface area (TPSA) is 108 Å². The smallest absolute Gasteiger partial charge is 0.313 e. The normalized spacial score (nSPS) is 14.3. The lowest BCUT2D eigenvalue weighted by molar-refractivity contribution is -0.133. The van der Waals surface area contributed by atoms with Crippen molar-refractivity contribution in [2.45, 2.75) is 24.0 Å². The van der Waals surface area contributed by atoms with Gasteiger partial charge in [0.2, 0.25) is 0 Å². The van der Waals surface area contributed by atoms with Gasteiger partial charge in [0.25, 0.3) is 0 Å². The summed E-state index contributed by atoms with van der Waals surface area (Å²) >= 11 is 1.09. The maximum Gasteiger partial charge on any atom is 0.313 e. The number of hydrogen-bond donors (Lipinski definition) is 3. The second kappa shape index (κ2) is 5.28. The van der Waals surface area contributed by atoms with Crippen LogP contribution in [-0.4, -0.2) is 41.8 Å². The number of aliphatic carboxylic acids is 1. The lowest BCUT2D eigenvalue weighted by atomic mass is 10.1. The number of phenols is 2. The molecule has 0 atom stereocenters. The van der Waals surface area contributed by atoms with Crippen LogP contribution in [-0.2, 0) is 4.79 Å². The molecule has 21 heavy (non-hydrogen) atoms. The van der Waals surface area contributed by atoms with E-state index in [1.807, 2.05) is 4.57 Å². The van der Waals surface area contributed by atoms with Crippen molar-refractivity contribution in [3.05, 3.63) is 18.2 Å². The third kappa shape index (κ3) is 2.66. The summed E-state index contributed by atoms with van der Waals surface area (Å²) in [7, 11) is 0. The Morgan fingerprint density at radius 2 is 2.10 bits per heavy atom. The molecule has 0 bridgehead atoms. The molecule has 0 amide bonds. The van der Waals surface area contributed by atoms with E-state index in [1.54, 1.807) is 12.1 Å². The van der Waals surface area contributed by atoms with Crippen molar-refractivity contribution >= 4 is 17.7 Å². The number of carboxylic acid groups (broad SMARTS) is 1. The molecule has 0 unspecified atom stereocenters. The molecule has 1 aliphatic rings. The summed E-state index contributed by atoms with van der Waals surface area (Å²) < 4.78 is 1.84. The number of carbonyl (C=O) groups is 1. The standard InChI is InChI=1S/C13H13N3O4S/c17-9-3-1-2-8(11(9)20)12-14-15-13(21-6-10(18)19)16(12)7-4-5-7/h1-3,7,17,20H,4-6H2,(H,18,19). The van der Waals surface area contributed by atoms with Gasteiger partial charge < -0.3 is 15.3 Å². The van der Waals surface area contributed by atoms with Crippen LogP contribution in [0.25, 0.3) is 11.4 Å². The number of hydrogen-bond acceptors (Lipinski definition) is 6. The number of phenolic OH excluding ortho intramolecular Hbond substituents is 2. The van der Waals surface area contributed by atoms with E-state index >= 15 is 0 Å². The molecule has 1 aromatic carbocycles. The Bertz CT molecular complexity index is 697. The van der Waals surface area contributed by atoms with Crippen LogP contribution >= 0.6 is 11.8 Å². The van der Waals surface area contributed by atoms with Gasteiger partial charge in [-0.15, -0.1) is 10.2 Å². The summed E-state index contributed by atoms with van der Waals surface area (Å²) in [6.45, 7) is 0. The van der Waals surface area contributed by atoms with E-state index in [0.717, 1.165) is 24.6 Å². The molecule has 8 heteroatoms. The van der Waals surface area contributed by atoms with Gasteiger partial charge in [-0.05, 0) is 25.0 Å². The van der Waals surface area contributed by atoms with Crippen LogP contribution in [0.2, 0.25) is 0 Å². The summed E-state index contributed by atoms with van der Waals surface area (Å²) in [6, 6.07) is 4.86. The van der Waals surface area contributed by atoms with Gasteiger partial charge in [-0.2, -0.15) is 0 Å². The minimum absolute atomic E-state index is 0.100. The van der Waals surface area contributed by atoms with Gasteiger partial charge in [-0.3, -0.25) is 9.36 Å². The highest BCUT2D eigenvalue weighted by Gasteiger charge is 2.31. The monoisotopic (exact) mass is 307 g/mol. The van der Waals surface area contributed by atoms with Crippen LogP contribution < -0.4 is 0 Å². The Hall–Kier alpha value is -2.22. The number of para-hydroxylation sites is 1. The van der Waals surface area contributed by atoms with Crippen LogP contribution in [0.15, 0.2) is 23.4 Å². The first kappa shape index (κ1) is 13.7. The minimum atomic E-state index is -0.924. The van der Waals surface area contributed by atoms with E-state index in [2.05, 4.69) is 10.2 Å². The van der Waals surface area contributed by atoms with Gasteiger partial charge in [-0.1, -0.05) is 17.8 Å². The number of aromatic hydroxyl groups is 2. The maximum absolute atomic E-state index is 10.7. The highest BCUT2D eigenvalue weighted by molar-refractivity contribution is 7.99. The molecule has 3 N–H and O–H groups in total. The highest BCUT2D eigenvalue weighted by atomic mass is 32.2. The Kier molecular flexibility index (Phi) is 3.46. The average Bonchev–Trinajstić information content (AvgIpc) is 3.20. The van der Waals surface area contributed by atoms with Crippen molar-refractivity contribution in [1.82, 2.24) is 14.8 Å². The van der Waals surface area contributed by atoms with Crippen molar-refractivity contribution < 1.29 is 20.1 Å². The zero-order valence-corrected chi connectivity index (χ0v) is 11.7. The van der Waals surface area contributed by atoms with Crippen molar-refractivity contribution in [2.24, 2.45) is 0 Å². The van der Waals surface area contributed by atoms with Crippen LogP contribution in [0.3, 0.4) is 0 Å². The van der Waals surface area contributed by atoms with E-state index < -0.39 is 5.97 Å². The Morgan fingerprint density at radius 3 is 2.76 bits per heavy atom. The molecular weight excluding hydrogens is 294 g/mol. The highest BCUT2D eigenvalue weighted by Crippen LogP contribution is 2.43. The van der Waals surface area contributed by atoms with Crippen molar-refractivity contribution in [1.29, 1.82) is 0 Å². The third-order valence-electron chi connectivity index (χ3n) is 3.16. The fourth-order valence-electron chi connectivity index (χ4n) is 2.06. The van der Waals surface area contributed by atoms with Gasteiger partial charge in [0.1, 0.15) is 0 Å². The molecule has 0 saturated heterocycles. The van der Waals surface area contributed by atoms with Gasteiger partial charge >= 0.3 is 5.97 Å². The zero-order chi connectivity index (χ0) is 15.0. The molecule has 1 saturated carbocycles. The molecule has 3 rings (SSSR count). The van der Waals surface area contributed by atoms with E-state index in [9.17, 15) is 15.0 Å². The Labute approximate surface area is 124 Å². The third-order valence-corrected chi connectivity index (χ3v) is 4.08. The van der Waals surface area contributed by atoms with Crippen LogP contribution in [0.4, 0.5) is 0 Å². The summed E-state index contributed by atoms with van der Waals surface area (Å²) in [5.41, 5.74) is 0.386. The van der Waals surface area contributed by atoms with Crippen molar-refractivity contribution in [3.63, 3.8) is 0 Å². The number of benzene rings is 1. The summed E-state index contributed by atoms with van der Waals surface area (Å²) in [6.07, 6.45) is 1.93. The molecule has 7 nitrogen and oxygen atoms in total. The fraction of sp³-hybridized carbons (Fsp3) is 0.308. The second-order valence-corrected chi connectivity index (χ2v) is 5.71. The Morgan fingerprint density at radius 1 is 1.33 bits per heavy atom. The molecule has 1 aliphatic carbocycles. The molecule has 2 aromatic rings. The van der Waals surface area contributed by atoms with Gasteiger partial charge in [-0.25, -0.2) is 0 Å². The average molecular weight is 307 g/mol. The second-order valence-electron chi connectivity index (χ2n) is 4.76. The van der Waals surface area contributed by atoms with E-state index in [0.29, 0.717) is 16.5 Å². The summed E-state index contributed by atoms with van der Waals surface area (Å²) in [4.78, 5) is 10.7. The lowest BCUT2D eigenvalue weighted by Crippen LogP contribution is -2.03. The van der Waals surface area contributed by atoms with Gasteiger partial charge in [0, 0.05) is 6.04 Å². The van der Waals surface area contributed by atoms with E-state index in [-0.39, 0.29) is 23.3 Å². The zero-order valence-electron chi connectivity index (χ0n) is 10.9. The Balaban J connectivity index is 2.02. The molecule has 0 spiro atoms. The molecule has 0 aliphatic heterocycles. The first-order chi connectivity index (χ1) is 10.1. The molecular formula is C13H13N3O4S. The number of carboxylic acids is 1. The number of rotatable bonds is 5. The summed E-state index contributed by atoms with van der Waals surface area (Å²) in [5, 5.41) is 36.9. The quantitative estimate of drug-likeness (QED) is 0.571. The minimum Gasteiger partial charge on any atom is -0.504 e. The number of nitrogens with zero attached hydrogens (tertiary/aromatic N) is 3. The largest absolute Gasteiger partial charge is 0.504 e. The number of aromatic nitrogens is 3. The fourth-order valence-corrected chi connectivity index (χ4v) is 2.78. The number of thioether (sulfide) groups is 1. The van der Waals surface area contributed by atoms with Gasteiger partial charge in [0.15, 0.2) is 22.5 Å². The SMILES string of the molecule is O=C(O)CSc1nnc(-c2cccc(O)c2O)n1C1CC1. The maximum atomic E-state index is 10.7. The van der Waals surface area contributed by atoms with E-state index in [4.69, 9.17) is 5.11 Å². The van der Waals surface area contributed by atoms with Gasteiger partial charge in [0.05, 0.1) is 11.3 Å². The van der Waals surface area contributed by atoms with Crippen LogP contribution in [0, 0.1) is 0 Å². The van der Waals surface area contributed by atoms with Crippen LogP contribution in [0.1, 0.15) is 18.9 Å².